The lowest BCUT2D eigenvalue weighted by Gasteiger charge is -2.22. The first-order valence-corrected chi connectivity index (χ1v) is 6.42. The third-order valence-electron chi connectivity index (χ3n) is 2.52. The maximum atomic E-state index is 10.7. The van der Waals surface area contributed by atoms with Crippen LogP contribution in [0.1, 0.15) is 20.8 Å². The molecule has 0 bridgehead atoms. The fourth-order valence-electron chi connectivity index (χ4n) is 1.87. The summed E-state index contributed by atoms with van der Waals surface area (Å²) in [6.45, 7) is 5.36. The number of carbonyl (C=O) groups excluding carboxylic acids is 1. The van der Waals surface area contributed by atoms with Crippen molar-refractivity contribution in [3.63, 3.8) is 0 Å². The summed E-state index contributed by atoms with van der Waals surface area (Å²) < 4.78 is 22.0. The molecule has 2 aliphatic heterocycles. The van der Waals surface area contributed by atoms with Crippen LogP contribution in [0.2, 0.25) is 0 Å². The van der Waals surface area contributed by atoms with Gasteiger partial charge in [-0.25, -0.2) is 0 Å². The second kappa shape index (κ2) is 4.40. The molecule has 2 aliphatic rings. The molecule has 0 N–H and O–H groups in total. The van der Waals surface area contributed by atoms with E-state index in [4.69, 9.17) is 18.9 Å². The standard InChI is InChI=1S/C10H15IO5/c1-5(12)13-4-6-7(11)8-9(14-6)16-10(2,3)15-8/h6-9H,4H2,1-3H3/t6-,7+,8-,9-/m1/s1. The van der Waals surface area contributed by atoms with Gasteiger partial charge >= 0.3 is 5.97 Å². The number of hydrogen-bond donors (Lipinski definition) is 0. The zero-order valence-electron chi connectivity index (χ0n) is 9.44. The van der Waals surface area contributed by atoms with Crippen molar-refractivity contribution in [2.24, 2.45) is 0 Å². The van der Waals surface area contributed by atoms with Crippen LogP contribution >= 0.6 is 22.6 Å². The van der Waals surface area contributed by atoms with E-state index in [9.17, 15) is 4.79 Å². The van der Waals surface area contributed by atoms with Gasteiger partial charge in [0.1, 0.15) is 18.8 Å². The Kier molecular flexibility index (Phi) is 3.44. The average Bonchev–Trinajstić information content (AvgIpc) is 2.58. The van der Waals surface area contributed by atoms with E-state index < -0.39 is 5.79 Å². The summed E-state index contributed by atoms with van der Waals surface area (Å²) in [7, 11) is 0. The normalized spacial score (nSPS) is 40.8. The Hall–Kier alpha value is 0.0800. The maximum Gasteiger partial charge on any atom is 0.302 e. The Balaban J connectivity index is 1.92. The SMILES string of the molecule is CC(=O)OC[C@H]1O[C@@H]2OC(C)(C)O[C@@H]2[C@H]1I. The third kappa shape index (κ3) is 2.49. The Morgan fingerprint density at radius 3 is 2.69 bits per heavy atom. The summed E-state index contributed by atoms with van der Waals surface area (Å²) in [5, 5.41) is 0. The van der Waals surface area contributed by atoms with Crippen LogP contribution in [0, 0.1) is 0 Å². The molecule has 0 radical (unpaired) electrons. The first-order valence-electron chi connectivity index (χ1n) is 5.17. The van der Waals surface area contributed by atoms with Crippen molar-refractivity contribution in [3.8, 4) is 0 Å². The highest BCUT2D eigenvalue weighted by atomic mass is 127. The van der Waals surface area contributed by atoms with Crippen molar-refractivity contribution in [1.29, 1.82) is 0 Å². The van der Waals surface area contributed by atoms with Crippen molar-refractivity contribution >= 4 is 28.6 Å². The van der Waals surface area contributed by atoms with Crippen molar-refractivity contribution in [3.05, 3.63) is 0 Å². The van der Waals surface area contributed by atoms with Gasteiger partial charge < -0.3 is 18.9 Å². The van der Waals surface area contributed by atoms with Gasteiger partial charge in [0.2, 0.25) is 0 Å². The highest BCUT2D eigenvalue weighted by molar-refractivity contribution is 14.1. The van der Waals surface area contributed by atoms with Gasteiger partial charge in [-0.15, -0.1) is 0 Å². The van der Waals surface area contributed by atoms with Crippen molar-refractivity contribution < 1.29 is 23.7 Å². The van der Waals surface area contributed by atoms with Crippen LogP contribution in [-0.4, -0.2) is 40.8 Å². The molecule has 2 heterocycles. The highest BCUT2D eigenvalue weighted by Gasteiger charge is 2.53. The second-order valence-corrected chi connectivity index (χ2v) is 5.83. The topological polar surface area (TPSA) is 54.0 Å². The number of fused-ring (bicyclic) bond motifs is 1. The summed E-state index contributed by atoms with van der Waals surface area (Å²) in [6, 6.07) is 0. The van der Waals surface area contributed by atoms with Crippen LogP contribution in [-0.2, 0) is 23.7 Å². The third-order valence-corrected chi connectivity index (χ3v) is 4.03. The zero-order valence-corrected chi connectivity index (χ0v) is 11.6. The molecule has 92 valence electrons. The molecule has 2 rings (SSSR count). The largest absolute Gasteiger partial charge is 0.463 e. The number of rotatable bonds is 2. The molecule has 2 saturated heterocycles. The van der Waals surface area contributed by atoms with Crippen LogP contribution < -0.4 is 0 Å². The average molecular weight is 342 g/mol. The predicted molar refractivity (Wildman–Crippen MR) is 63.1 cm³/mol. The molecule has 0 aliphatic carbocycles. The molecule has 0 amide bonds. The maximum absolute atomic E-state index is 10.7. The molecule has 0 saturated carbocycles. The Bertz CT molecular complexity index is 293. The molecule has 6 heteroatoms. The van der Waals surface area contributed by atoms with Crippen molar-refractivity contribution in [2.45, 2.75) is 49.0 Å². The molecule has 0 spiro atoms. The molecule has 5 nitrogen and oxygen atoms in total. The molecule has 0 aromatic heterocycles. The summed E-state index contributed by atoms with van der Waals surface area (Å²) in [5.74, 6) is -0.892. The van der Waals surface area contributed by atoms with E-state index in [1.807, 2.05) is 13.8 Å². The highest BCUT2D eigenvalue weighted by Crippen LogP contribution is 2.40. The minimum Gasteiger partial charge on any atom is -0.463 e. The number of halogens is 1. The molecule has 0 unspecified atom stereocenters. The Morgan fingerprint density at radius 2 is 2.12 bits per heavy atom. The minimum atomic E-state index is -0.592. The van der Waals surface area contributed by atoms with Gasteiger partial charge in [-0.05, 0) is 13.8 Å². The first kappa shape index (κ1) is 12.5. The lowest BCUT2D eigenvalue weighted by Crippen LogP contribution is -2.33. The quantitative estimate of drug-likeness (QED) is 0.429. The van der Waals surface area contributed by atoms with Crippen LogP contribution in [0.15, 0.2) is 0 Å². The van der Waals surface area contributed by atoms with Crippen LogP contribution in [0.3, 0.4) is 0 Å². The minimum absolute atomic E-state index is 0.0869. The molecular formula is C10H15IO5. The van der Waals surface area contributed by atoms with E-state index in [-0.39, 0.29) is 35.0 Å². The fourth-order valence-corrected chi connectivity index (χ4v) is 2.73. The van der Waals surface area contributed by atoms with Crippen molar-refractivity contribution in [2.75, 3.05) is 6.61 Å². The van der Waals surface area contributed by atoms with Gasteiger partial charge in [-0.1, -0.05) is 22.6 Å². The van der Waals surface area contributed by atoms with Crippen LogP contribution in [0.25, 0.3) is 0 Å². The number of hydrogen-bond acceptors (Lipinski definition) is 5. The van der Waals surface area contributed by atoms with Gasteiger partial charge in [0.25, 0.3) is 0 Å². The number of ether oxygens (including phenoxy) is 4. The van der Waals surface area contributed by atoms with E-state index in [2.05, 4.69) is 22.6 Å². The lowest BCUT2D eigenvalue weighted by atomic mass is 10.2. The summed E-state index contributed by atoms with van der Waals surface area (Å²) in [4.78, 5) is 10.7. The number of alkyl halides is 1. The van der Waals surface area contributed by atoms with Crippen LogP contribution in [0.5, 0.6) is 0 Å². The summed E-state index contributed by atoms with van der Waals surface area (Å²) in [5.41, 5.74) is 0. The molecular weight excluding hydrogens is 327 g/mol. The van der Waals surface area contributed by atoms with E-state index in [0.717, 1.165) is 0 Å². The first-order chi connectivity index (χ1) is 7.39. The number of esters is 1. The Morgan fingerprint density at radius 1 is 1.44 bits per heavy atom. The van der Waals surface area contributed by atoms with E-state index in [1.165, 1.54) is 6.92 Å². The predicted octanol–water partition coefficient (Wildman–Crippen LogP) is 1.23. The second-order valence-electron chi connectivity index (χ2n) is 4.39. The Labute approximate surface area is 108 Å². The van der Waals surface area contributed by atoms with E-state index in [1.54, 1.807) is 0 Å². The summed E-state index contributed by atoms with van der Waals surface area (Å²) in [6.07, 6.45) is -0.593. The zero-order chi connectivity index (χ0) is 11.9. The van der Waals surface area contributed by atoms with Crippen LogP contribution in [0.4, 0.5) is 0 Å². The summed E-state index contributed by atoms with van der Waals surface area (Å²) >= 11 is 2.25. The molecule has 4 atom stereocenters. The number of carbonyl (C=O) groups is 1. The van der Waals surface area contributed by atoms with Crippen molar-refractivity contribution in [1.82, 2.24) is 0 Å². The smallest absolute Gasteiger partial charge is 0.302 e. The van der Waals surface area contributed by atoms with Gasteiger partial charge in [0, 0.05) is 6.92 Å². The molecule has 0 aromatic carbocycles. The molecule has 0 aromatic rings. The van der Waals surface area contributed by atoms with E-state index in [0.29, 0.717) is 0 Å². The van der Waals surface area contributed by atoms with Gasteiger partial charge in [-0.2, -0.15) is 0 Å². The molecule has 2 fully saturated rings. The fraction of sp³-hybridized carbons (Fsp3) is 0.900. The van der Waals surface area contributed by atoms with Gasteiger partial charge in [-0.3, -0.25) is 4.79 Å². The van der Waals surface area contributed by atoms with E-state index >= 15 is 0 Å². The monoisotopic (exact) mass is 342 g/mol. The molecule has 16 heavy (non-hydrogen) atoms. The van der Waals surface area contributed by atoms with Gasteiger partial charge in [0.05, 0.1) is 3.92 Å². The lowest BCUT2D eigenvalue weighted by molar-refractivity contribution is -0.208. The van der Waals surface area contributed by atoms with Gasteiger partial charge in [0.15, 0.2) is 12.1 Å².